The minimum atomic E-state index is -0.978. The van der Waals surface area contributed by atoms with Crippen molar-refractivity contribution in [2.45, 2.75) is 13.3 Å². The Kier molecular flexibility index (Phi) is 3.58. The molecule has 0 unspecified atom stereocenters. The van der Waals surface area contributed by atoms with Crippen LogP contribution in [0.2, 0.25) is 0 Å². The van der Waals surface area contributed by atoms with Gasteiger partial charge in [-0.3, -0.25) is 0 Å². The molecule has 0 aliphatic carbocycles. The van der Waals surface area contributed by atoms with Crippen LogP contribution >= 0.6 is 22.7 Å². The lowest BCUT2D eigenvalue weighted by Crippen LogP contribution is -1.99. The van der Waals surface area contributed by atoms with Crippen molar-refractivity contribution in [1.82, 2.24) is 0 Å². The summed E-state index contributed by atoms with van der Waals surface area (Å²) in [6.07, 6.45) is 0.700. The fourth-order valence-corrected chi connectivity index (χ4v) is 3.99. The molecule has 2 rings (SSSR count). The highest BCUT2D eigenvalue weighted by Crippen LogP contribution is 2.45. The quantitative estimate of drug-likeness (QED) is 0.902. The second-order valence-electron chi connectivity index (χ2n) is 3.63. The summed E-state index contributed by atoms with van der Waals surface area (Å²) in [4.78, 5) is 13.2. The molecule has 2 heterocycles. The summed E-state index contributed by atoms with van der Waals surface area (Å²) in [5.74, 6) is -0.220. The number of aromatic carboxylic acids is 1. The SMILES string of the molecule is CCc1c(-c2sccc2OC)sc(C(=O)O)c1N. The van der Waals surface area contributed by atoms with Crippen LogP contribution in [-0.2, 0) is 6.42 Å². The van der Waals surface area contributed by atoms with Crippen LogP contribution < -0.4 is 10.5 Å². The van der Waals surface area contributed by atoms with Crippen molar-refractivity contribution in [2.24, 2.45) is 0 Å². The minimum absolute atomic E-state index is 0.206. The van der Waals surface area contributed by atoms with Gasteiger partial charge in [0, 0.05) is 0 Å². The molecule has 0 atom stereocenters. The van der Waals surface area contributed by atoms with E-state index in [2.05, 4.69) is 0 Å². The van der Waals surface area contributed by atoms with Gasteiger partial charge in [-0.1, -0.05) is 6.92 Å². The Balaban J connectivity index is 2.64. The molecule has 6 heteroatoms. The number of hydrogen-bond donors (Lipinski definition) is 2. The Hall–Kier alpha value is -1.53. The molecule has 0 aromatic carbocycles. The first kappa shape index (κ1) is 12.9. The number of ether oxygens (including phenoxy) is 1. The third-order valence-electron chi connectivity index (χ3n) is 2.65. The zero-order valence-corrected chi connectivity index (χ0v) is 11.7. The summed E-state index contributed by atoms with van der Waals surface area (Å²) in [5.41, 5.74) is 7.17. The maximum absolute atomic E-state index is 11.1. The van der Waals surface area contributed by atoms with Crippen molar-refractivity contribution in [3.8, 4) is 15.5 Å². The first-order chi connectivity index (χ1) is 8.60. The van der Waals surface area contributed by atoms with Crippen LogP contribution in [0.15, 0.2) is 11.4 Å². The van der Waals surface area contributed by atoms with Crippen molar-refractivity contribution in [1.29, 1.82) is 0 Å². The zero-order valence-electron chi connectivity index (χ0n) is 10.0. The molecule has 0 saturated heterocycles. The average molecular weight is 283 g/mol. The lowest BCUT2D eigenvalue weighted by Gasteiger charge is -2.03. The van der Waals surface area contributed by atoms with E-state index in [1.54, 1.807) is 7.11 Å². The van der Waals surface area contributed by atoms with E-state index in [1.165, 1.54) is 22.7 Å². The van der Waals surface area contributed by atoms with E-state index in [-0.39, 0.29) is 4.88 Å². The summed E-state index contributed by atoms with van der Waals surface area (Å²) >= 11 is 2.74. The van der Waals surface area contributed by atoms with Gasteiger partial charge in [0.05, 0.1) is 22.6 Å². The Bertz CT molecular complexity index is 586. The van der Waals surface area contributed by atoms with Crippen LogP contribution in [0.4, 0.5) is 5.69 Å². The van der Waals surface area contributed by atoms with E-state index in [0.717, 1.165) is 21.1 Å². The molecule has 0 aliphatic rings. The fourth-order valence-electron chi connectivity index (χ4n) is 1.80. The van der Waals surface area contributed by atoms with E-state index in [4.69, 9.17) is 15.6 Å². The van der Waals surface area contributed by atoms with Crippen LogP contribution in [0.1, 0.15) is 22.2 Å². The molecule has 0 spiro atoms. The number of carboxylic acids is 1. The largest absolute Gasteiger partial charge is 0.495 e. The number of carboxylic acid groups (broad SMARTS) is 1. The van der Waals surface area contributed by atoms with Crippen LogP contribution in [-0.4, -0.2) is 18.2 Å². The monoisotopic (exact) mass is 283 g/mol. The molecule has 0 bridgehead atoms. The van der Waals surface area contributed by atoms with Gasteiger partial charge in [-0.25, -0.2) is 4.79 Å². The smallest absolute Gasteiger partial charge is 0.348 e. The lowest BCUT2D eigenvalue weighted by molar-refractivity contribution is 0.0703. The number of hydrogen-bond acceptors (Lipinski definition) is 5. The highest BCUT2D eigenvalue weighted by molar-refractivity contribution is 7.23. The van der Waals surface area contributed by atoms with Crippen LogP contribution in [0, 0.1) is 0 Å². The van der Waals surface area contributed by atoms with E-state index in [9.17, 15) is 4.79 Å². The normalized spacial score (nSPS) is 10.6. The summed E-state index contributed by atoms with van der Waals surface area (Å²) in [7, 11) is 1.60. The maximum Gasteiger partial charge on any atom is 0.348 e. The van der Waals surface area contributed by atoms with Gasteiger partial charge in [-0.15, -0.1) is 22.7 Å². The fraction of sp³-hybridized carbons (Fsp3) is 0.250. The van der Waals surface area contributed by atoms with E-state index in [0.29, 0.717) is 12.1 Å². The molecule has 0 aliphatic heterocycles. The first-order valence-corrected chi connectivity index (χ1v) is 7.06. The Morgan fingerprint density at radius 1 is 1.50 bits per heavy atom. The van der Waals surface area contributed by atoms with E-state index in [1.807, 2.05) is 18.4 Å². The van der Waals surface area contributed by atoms with E-state index >= 15 is 0 Å². The molecule has 3 N–H and O–H groups in total. The number of nitrogens with two attached hydrogens (primary N) is 1. The molecular formula is C12H13NO3S2. The van der Waals surface area contributed by atoms with Gasteiger partial charge >= 0.3 is 5.97 Å². The Morgan fingerprint density at radius 3 is 2.78 bits per heavy atom. The third-order valence-corrected chi connectivity index (χ3v) is 4.95. The highest BCUT2D eigenvalue weighted by Gasteiger charge is 2.22. The minimum Gasteiger partial charge on any atom is -0.495 e. The van der Waals surface area contributed by atoms with Crippen molar-refractivity contribution < 1.29 is 14.6 Å². The van der Waals surface area contributed by atoms with Gasteiger partial charge in [-0.2, -0.15) is 0 Å². The standard InChI is InChI=1S/C12H13NO3S2/c1-3-6-8(13)11(12(14)15)18-9(6)10-7(16-2)4-5-17-10/h4-5H,3,13H2,1-2H3,(H,14,15). The predicted molar refractivity (Wildman–Crippen MR) is 74.9 cm³/mol. The molecule has 0 amide bonds. The first-order valence-electron chi connectivity index (χ1n) is 5.36. The van der Waals surface area contributed by atoms with Crippen molar-refractivity contribution in [3.05, 3.63) is 21.9 Å². The topological polar surface area (TPSA) is 72.5 Å². The number of anilines is 1. The van der Waals surface area contributed by atoms with Gasteiger partial charge in [0.2, 0.25) is 0 Å². The number of carbonyl (C=O) groups is 1. The molecule has 96 valence electrons. The Morgan fingerprint density at radius 2 is 2.22 bits per heavy atom. The molecule has 0 saturated carbocycles. The summed E-state index contributed by atoms with van der Waals surface area (Å²) in [6, 6.07) is 1.87. The second-order valence-corrected chi connectivity index (χ2v) is 5.57. The molecule has 2 aromatic rings. The van der Waals surface area contributed by atoms with Gasteiger partial charge < -0.3 is 15.6 Å². The van der Waals surface area contributed by atoms with Gasteiger partial charge in [-0.05, 0) is 23.4 Å². The van der Waals surface area contributed by atoms with Crippen LogP contribution in [0.3, 0.4) is 0 Å². The Labute approximate surface area is 113 Å². The molecular weight excluding hydrogens is 270 g/mol. The number of rotatable bonds is 4. The molecule has 0 radical (unpaired) electrons. The van der Waals surface area contributed by atoms with Gasteiger partial charge in [0.1, 0.15) is 10.6 Å². The second kappa shape index (κ2) is 4.99. The van der Waals surface area contributed by atoms with Crippen LogP contribution in [0.25, 0.3) is 9.75 Å². The van der Waals surface area contributed by atoms with Gasteiger partial charge in [0.15, 0.2) is 0 Å². The van der Waals surface area contributed by atoms with Crippen molar-refractivity contribution in [3.63, 3.8) is 0 Å². The van der Waals surface area contributed by atoms with E-state index < -0.39 is 5.97 Å². The summed E-state index contributed by atoms with van der Waals surface area (Å²) in [6.45, 7) is 1.97. The van der Waals surface area contributed by atoms with Gasteiger partial charge in [0.25, 0.3) is 0 Å². The predicted octanol–water partition coefficient (Wildman–Crippen LogP) is 3.33. The van der Waals surface area contributed by atoms with Crippen molar-refractivity contribution >= 4 is 34.3 Å². The number of thiophene rings is 2. The van der Waals surface area contributed by atoms with Crippen LogP contribution in [0.5, 0.6) is 5.75 Å². The average Bonchev–Trinajstić information content (AvgIpc) is 2.91. The molecule has 4 nitrogen and oxygen atoms in total. The molecule has 2 aromatic heterocycles. The highest BCUT2D eigenvalue weighted by atomic mass is 32.1. The molecule has 0 fully saturated rings. The maximum atomic E-state index is 11.1. The molecule has 18 heavy (non-hydrogen) atoms. The number of methoxy groups -OCH3 is 1. The summed E-state index contributed by atoms with van der Waals surface area (Å²) < 4.78 is 5.28. The van der Waals surface area contributed by atoms with Crippen molar-refractivity contribution in [2.75, 3.05) is 12.8 Å². The number of nitrogen functional groups attached to an aromatic ring is 1. The third kappa shape index (κ3) is 1.97. The summed E-state index contributed by atoms with van der Waals surface area (Å²) in [5, 5.41) is 11.0. The lowest BCUT2D eigenvalue weighted by atomic mass is 10.1. The zero-order chi connectivity index (χ0) is 13.3.